The van der Waals surface area contributed by atoms with Crippen molar-refractivity contribution in [3.63, 3.8) is 0 Å². The van der Waals surface area contributed by atoms with E-state index in [4.69, 9.17) is 0 Å². The SMILES string of the molecule is CC(=O)Nc1c(I)cc(I)c(N(C)C(C)=O)c1I.[K]. The van der Waals surface area contributed by atoms with Crippen LogP contribution in [-0.4, -0.2) is 70.2 Å². The molecule has 0 saturated heterocycles. The molecule has 8 heteroatoms. The van der Waals surface area contributed by atoms with Crippen molar-refractivity contribution in [3.05, 3.63) is 16.8 Å². The Bertz CT molecular complexity index is 523. The zero-order chi connectivity index (χ0) is 14.0. The molecular formula is C11H11I3KN2O2. The average molecular weight is 623 g/mol. The minimum absolute atomic E-state index is 0. The van der Waals surface area contributed by atoms with Gasteiger partial charge in [-0.3, -0.25) is 9.59 Å². The summed E-state index contributed by atoms with van der Waals surface area (Å²) in [4.78, 5) is 24.3. The van der Waals surface area contributed by atoms with E-state index in [1.54, 1.807) is 11.9 Å². The maximum Gasteiger partial charge on any atom is 0.223 e. The summed E-state index contributed by atoms with van der Waals surface area (Å²) in [6.45, 7) is 2.99. The van der Waals surface area contributed by atoms with Crippen LogP contribution < -0.4 is 10.2 Å². The number of nitrogens with zero attached hydrogens (tertiary/aromatic N) is 1. The summed E-state index contributed by atoms with van der Waals surface area (Å²) in [6, 6.07) is 1.95. The van der Waals surface area contributed by atoms with Gasteiger partial charge in [0.15, 0.2) is 0 Å². The molecule has 1 aromatic rings. The number of hydrogen-bond acceptors (Lipinski definition) is 2. The number of rotatable bonds is 2. The van der Waals surface area contributed by atoms with E-state index >= 15 is 0 Å². The fraction of sp³-hybridized carbons (Fsp3) is 0.273. The summed E-state index contributed by atoms with van der Waals surface area (Å²) in [5, 5.41) is 2.81. The molecule has 1 radical (unpaired) electrons. The molecule has 2 amide bonds. The Morgan fingerprint density at radius 2 is 1.68 bits per heavy atom. The number of nitrogens with one attached hydrogen (secondary N) is 1. The molecule has 0 aliphatic carbocycles. The van der Waals surface area contributed by atoms with Crippen LogP contribution in [0.25, 0.3) is 0 Å². The predicted octanol–water partition coefficient (Wildman–Crippen LogP) is 3.06. The van der Waals surface area contributed by atoms with Crippen LogP contribution in [0.1, 0.15) is 13.8 Å². The Kier molecular flexibility index (Phi) is 10.2. The first-order chi connectivity index (χ1) is 8.25. The first-order valence-corrected chi connectivity index (χ1v) is 8.18. The number of anilines is 2. The van der Waals surface area contributed by atoms with Crippen molar-refractivity contribution in [2.75, 3.05) is 17.3 Å². The maximum absolute atomic E-state index is 11.5. The minimum atomic E-state index is -0.122. The quantitative estimate of drug-likeness (QED) is 0.407. The standard InChI is InChI=1S/C11H11I3N2O2.K/c1-5(17)15-10-7(12)4-8(13)11(9(10)14)16(3)6(2)18;/h4H,1-3H3,(H,15,17);. The zero-order valence-corrected chi connectivity index (χ0v) is 20.6. The molecule has 0 atom stereocenters. The normalized spacial score (nSPS) is 9.58. The number of amides is 2. The zero-order valence-electron chi connectivity index (χ0n) is 11.0. The summed E-state index contributed by atoms with van der Waals surface area (Å²) in [5.74, 6) is -0.163. The van der Waals surface area contributed by atoms with Gasteiger partial charge in [0.1, 0.15) is 0 Å². The van der Waals surface area contributed by atoms with E-state index in [9.17, 15) is 9.59 Å². The number of benzene rings is 1. The van der Waals surface area contributed by atoms with E-state index in [1.807, 2.05) is 6.07 Å². The van der Waals surface area contributed by atoms with E-state index in [0.29, 0.717) is 0 Å². The van der Waals surface area contributed by atoms with Gasteiger partial charge in [0, 0.05) is 79.4 Å². The molecule has 0 aliphatic rings. The van der Waals surface area contributed by atoms with Crippen LogP contribution in [0.3, 0.4) is 0 Å². The van der Waals surface area contributed by atoms with Crippen molar-refractivity contribution in [1.82, 2.24) is 0 Å². The predicted molar refractivity (Wildman–Crippen MR) is 104 cm³/mol. The summed E-state index contributed by atoms with van der Waals surface area (Å²) in [7, 11) is 1.73. The Morgan fingerprint density at radius 1 is 1.16 bits per heavy atom. The molecule has 0 fully saturated rings. The molecular weight excluding hydrogens is 612 g/mol. The van der Waals surface area contributed by atoms with Crippen LogP contribution in [0.2, 0.25) is 0 Å². The summed E-state index contributed by atoms with van der Waals surface area (Å²) < 4.78 is 2.81. The van der Waals surface area contributed by atoms with Crippen LogP contribution in [0.5, 0.6) is 0 Å². The molecule has 99 valence electrons. The number of carbonyl (C=O) groups excluding carboxylic acids is 2. The molecule has 0 unspecified atom stereocenters. The third kappa shape index (κ3) is 5.60. The Labute approximate surface area is 196 Å². The van der Waals surface area contributed by atoms with Gasteiger partial charge in [-0.1, -0.05) is 0 Å². The summed E-state index contributed by atoms with van der Waals surface area (Å²) >= 11 is 6.52. The van der Waals surface area contributed by atoms with E-state index < -0.39 is 0 Å². The molecule has 0 aliphatic heterocycles. The Balaban J connectivity index is 0.00000324. The molecule has 0 spiro atoms. The van der Waals surface area contributed by atoms with Gasteiger partial charge in [0.2, 0.25) is 11.8 Å². The molecule has 0 saturated carbocycles. The first-order valence-electron chi connectivity index (χ1n) is 4.95. The topological polar surface area (TPSA) is 49.4 Å². The Morgan fingerprint density at radius 3 is 2.11 bits per heavy atom. The van der Waals surface area contributed by atoms with Crippen molar-refractivity contribution < 1.29 is 9.59 Å². The van der Waals surface area contributed by atoms with Crippen LogP contribution in [0.4, 0.5) is 11.4 Å². The van der Waals surface area contributed by atoms with E-state index in [0.717, 1.165) is 22.1 Å². The molecule has 0 heterocycles. The Hall–Kier alpha value is 1.99. The minimum Gasteiger partial charge on any atom is -0.324 e. The van der Waals surface area contributed by atoms with Crippen LogP contribution in [0.15, 0.2) is 6.07 Å². The van der Waals surface area contributed by atoms with E-state index in [-0.39, 0.29) is 63.2 Å². The van der Waals surface area contributed by atoms with Gasteiger partial charge in [-0.15, -0.1) is 0 Å². The summed E-state index contributed by atoms with van der Waals surface area (Å²) in [5.41, 5.74) is 1.58. The van der Waals surface area contributed by atoms with Gasteiger partial charge >= 0.3 is 0 Å². The van der Waals surface area contributed by atoms with Gasteiger partial charge in [-0.05, 0) is 73.8 Å². The number of halogens is 3. The van der Waals surface area contributed by atoms with E-state index in [1.165, 1.54) is 13.8 Å². The smallest absolute Gasteiger partial charge is 0.223 e. The second-order valence-electron chi connectivity index (χ2n) is 3.64. The molecule has 0 bridgehead atoms. The molecule has 0 aromatic heterocycles. The monoisotopic (exact) mass is 623 g/mol. The van der Waals surface area contributed by atoms with Gasteiger partial charge in [-0.2, -0.15) is 0 Å². The van der Waals surface area contributed by atoms with Crippen LogP contribution >= 0.6 is 67.8 Å². The van der Waals surface area contributed by atoms with Gasteiger partial charge in [0.25, 0.3) is 0 Å². The van der Waals surface area contributed by atoms with Crippen molar-refractivity contribution in [1.29, 1.82) is 0 Å². The van der Waals surface area contributed by atoms with Gasteiger partial charge in [0.05, 0.1) is 14.9 Å². The second kappa shape index (κ2) is 9.20. The van der Waals surface area contributed by atoms with Crippen molar-refractivity contribution in [2.45, 2.75) is 13.8 Å². The van der Waals surface area contributed by atoms with E-state index in [2.05, 4.69) is 73.1 Å². The molecule has 1 aromatic carbocycles. The summed E-state index contributed by atoms with van der Waals surface area (Å²) in [6.07, 6.45) is 0. The number of hydrogen-bond donors (Lipinski definition) is 1. The van der Waals surface area contributed by atoms with Crippen molar-refractivity contribution in [2.24, 2.45) is 0 Å². The fourth-order valence-electron chi connectivity index (χ4n) is 1.34. The van der Waals surface area contributed by atoms with Crippen molar-refractivity contribution >= 4 is 142 Å². The fourth-order valence-corrected chi connectivity index (χ4v) is 5.70. The molecule has 19 heavy (non-hydrogen) atoms. The largest absolute Gasteiger partial charge is 0.324 e. The average Bonchev–Trinajstić information content (AvgIpc) is 2.23. The number of carbonyl (C=O) groups is 2. The third-order valence-electron chi connectivity index (χ3n) is 2.25. The van der Waals surface area contributed by atoms with Crippen molar-refractivity contribution in [3.8, 4) is 0 Å². The second-order valence-corrected chi connectivity index (χ2v) is 7.04. The third-order valence-corrected chi connectivity index (χ3v) is 4.98. The van der Waals surface area contributed by atoms with Crippen LogP contribution in [0, 0.1) is 10.7 Å². The maximum atomic E-state index is 11.5. The molecule has 4 nitrogen and oxygen atoms in total. The first kappa shape index (κ1) is 21.0. The van der Waals surface area contributed by atoms with Gasteiger partial charge in [-0.25, -0.2) is 0 Å². The van der Waals surface area contributed by atoms with Crippen LogP contribution in [-0.2, 0) is 9.59 Å². The molecule has 1 N–H and O–H groups in total. The molecule has 1 rings (SSSR count). The van der Waals surface area contributed by atoms with Gasteiger partial charge < -0.3 is 10.2 Å².